The highest BCUT2D eigenvalue weighted by Crippen LogP contribution is 2.56. The molecule has 1 aliphatic carbocycles. The van der Waals surface area contributed by atoms with Crippen molar-refractivity contribution >= 4 is 11.9 Å². The van der Waals surface area contributed by atoms with Crippen LogP contribution < -0.4 is 0 Å². The SMILES string of the molecule is CC(C)(C)OC(=O)N1CCC2(CC1)C(=O)CC2c1ccccc1. The Labute approximate surface area is 137 Å². The van der Waals surface area contributed by atoms with E-state index >= 15 is 0 Å². The van der Waals surface area contributed by atoms with E-state index in [4.69, 9.17) is 4.74 Å². The average Bonchev–Trinajstić information content (AvgIpc) is 2.52. The Morgan fingerprint density at radius 1 is 1.17 bits per heavy atom. The number of likely N-dealkylation sites (tertiary alicyclic amines) is 1. The van der Waals surface area contributed by atoms with Crippen molar-refractivity contribution in [3.63, 3.8) is 0 Å². The van der Waals surface area contributed by atoms with E-state index in [1.54, 1.807) is 4.90 Å². The number of Topliss-reactive ketones (excluding diaryl/α,β-unsaturated/α-hetero) is 1. The quantitative estimate of drug-likeness (QED) is 0.792. The van der Waals surface area contributed by atoms with Crippen LogP contribution in [-0.2, 0) is 9.53 Å². The average molecular weight is 315 g/mol. The van der Waals surface area contributed by atoms with Crippen molar-refractivity contribution in [3.05, 3.63) is 35.9 Å². The highest BCUT2D eigenvalue weighted by atomic mass is 16.6. The van der Waals surface area contributed by atoms with Crippen LogP contribution in [0.15, 0.2) is 30.3 Å². The number of rotatable bonds is 1. The third-order valence-electron chi connectivity index (χ3n) is 5.12. The van der Waals surface area contributed by atoms with Gasteiger partial charge in [0.15, 0.2) is 0 Å². The van der Waals surface area contributed by atoms with Gasteiger partial charge in [-0.25, -0.2) is 4.79 Å². The van der Waals surface area contributed by atoms with E-state index in [0.717, 1.165) is 12.8 Å². The minimum absolute atomic E-state index is 0.264. The number of ether oxygens (including phenoxy) is 1. The van der Waals surface area contributed by atoms with Crippen LogP contribution in [0.2, 0.25) is 0 Å². The van der Waals surface area contributed by atoms with E-state index in [1.807, 2.05) is 39.0 Å². The molecule has 1 aromatic rings. The topological polar surface area (TPSA) is 46.6 Å². The Hall–Kier alpha value is -1.84. The smallest absolute Gasteiger partial charge is 0.410 e. The molecule has 1 saturated carbocycles. The Bertz CT molecular complexity index is 595. The Morgan fingerprint density at radius 2 is 1.78 bits per heavy atom. The van der Waals surface area contributed by atoms with Gasteiger partial charge in [-0.05, 0) is 39.2 Å². The van der Waals surface area contributed by atoms with Crippen molar-refractivity contribution in [1.82, 2.24) is 4.90 Å². The third kappa shape index (κ3) is 2.99. The lowest BCUT2D eigenvalue weighted by Crippen LogP contribution is -2.55. The molecule has 1 aliphatic heterocycles. The van der Waals surface area contributed by atoms with Gasteiger partial charge in [0.05, 0.1) is 0 Å². The lowest BCUT2D eigenvalue weighted by atomic mass is 9.53. The zero-order chi connectivity index (χ0) is 16.7. The highest BCUT2D eigenvalue weighted by molar-refractivity contribution is 5.93. The zero-order valence-electron chi connectivity index (χ0n) is 14.2. The molecule has 124 valence electrons. The summed E-state index contributed by atoms with van der Waals surface area (Å²) < 4.78 is 5.44. The van der Waals surface area contributed by atoms with Gasteiger partial charge in [-0.15, -0.1) is 0 Å². The van der Waals surface area contributed by atoms with Crippen LogP contribution in [0.4, 0.5) is 4.79 Å². The van der Waals surface area contributed by atoms with Crippen LogP contribution in [0.5, 0.6) is 0 Å². The van der Waals surface area contributed by atoms with Crippen LogP contribution in [0, 0.1) is 5.41 Å². The van der Waals surface area contributed by atoms with Gasteiger partial charge in [-0.2, -0.15) is 0 Å². The number of ketones is 1. The second-order valence-corrected chi connectivity index (χ2v) is 7.71. The number of hydrogen-bond donors (Lipinski definition) is 0. The Morgan fingerprint density at radius 3 is 2.30 bits per heavy atom. The molecule has 1 aromatic carbocycles. The number of nitrogens with zero attached hydrogens (tertiary/aromatic N) is 1. The maximum absolute atomic E-state index is 12.4. The summed E-state index contributed by atoms with van der Waals surface area (Å²) in [7, 11) is 0. The predicted molar refractivity (Wildman–Crippen MR) is 88.3 cm³/mol. The summed E-state index contributed by atoms with van der Waals surface area (Å²) in [4.78, 5) is 26.3. The molecule has 1 spiro atoms. The number of piperidine rings is 1. The lowest BCUT2D eigenvalue weighted by molar-refractivity contribution is -0.145. The van der Waals surface area contributed by atoms with Crippen molar-refractivity contribution in [2.45, 2.75) is 51.6 Å². The number of carbonyl (C=O) groups is 2. The van der Waals surface area contributed by atoms with Crippen molar-refractivity contribution < 1.29 is 14.3 Å². The first-order valence-corrected chi connectivity index (χ1v) is 8.38. The predicted octanol–water partition coefficient (Wildman–Crippen LogP) is 3.76. The summed E-state index contributed by atoms with van der Waals surface area (Å²) in [6.07, 6.45) is 1.85. The molecule has 0 N–H and O–H groups in total. The molecule has 4 nitrogen and oxygen atoms in total. The monoisotopic (exact) mass is 315 g/mol. The summed E-state index contributed by atoms with van der Waals surface area (Å²) in [6, 6.07) is 10.3. The van der Waals surface area contributed by atoms with Gasteiger partial charge in [0.1, 0.15) is 11.4 Å². The molecule has 4 heteroatoms. The summed E-state index contributed by atoms with van der Waals surface area (Å²) in [5.41, 5.74) is 0.503. The van der Waals surface area contributed by atoms with Crippen LogP contribution in [-0.4, -0.2) is 35.5 Å². The standard InChI is InChI=1S/C19H25NO3/c1-18(2,3)23-17(22)20-11-9-19(10-12-20)15(13-16(19)21)14-7-5-4-6-8-14/h4-8,15H,9-13H2,1-3H3. The maximum atomic E-state index is 12.4. The molecule has 2 aliphatic rings. The first kappa shape index (κ1) is 16.0. The van der Waals surface area contributed by atoms with Gasteiger partial charge in [-0.1, -0.05) is 30.3 Å². The molecule has 1 heterocycles. The fourth-order valence-electron chi connectivity index (χ4n) is 3.81. The molecule has 0 bridgehead atoms. The van der Waals surface area contributed by atoms with Crippen LogP contribution in [0.25, 0.3) is 0 Å². The highest BCUT2D eigenvalue weighted by Gasteiger charge is 2.56. The molecule has 0 radical (unpaired) electrons. The zero-order valence-corrected chi connectivity index (χ0v) is 14.2. The maximum Gasteiger partial charge on any atom is 0.410 e. The normalized spacial score (nSPS) is 23.5. The van der Waals surface area contributed by atoms with Gasteiger partial charge < -0.3 is 9.64 Å². The number of benzene rings is 1. The fraction of sp³-hybridized carbons (Fsp3) is 0.579. The molecule has 3 rings (SSSR count). The Balaban J connectivity index is 1.67. The van der Waals surface area contributed by atoms with Crippen LogP contribution in [0.1, 0.15) is 51.5 Å². The molecule has 23 heavy (non-hydrogen) atoms. The minimum Gasteiger partial charge on any atom is -0.444 e. The van der Waals surface area contributed by atoms with Gasteiger partial charge in [0.25, 0.3) is 0 Å². The van der Waals surface area contributed by atoms with Gasteiger partial charge >= 0.3 is 6.09 Å². The second kappa shape index (κ2) is 5.66. The molecule has 1 atom stereocenters. The van der Waals surface area contributed by atoms with Gasteiger partial charge in [0, 0.05) is 30.8 Å². The van der Waals surface area contributed by atoms with Crippen molar-refractivity contribution in [3.8, 4) is 0 Å². The van der Waals surface area contributed by atoms with E-state index in [9.17, 15) is 9.59 Å². The molecule has 2 fully saturated rings. The van der Waals surface area contributed by atoms with Crippen molar-refractivity contribution in [2.75, 3.05) is 13.1 Å². The van der Waals surface area contributed by atoms with Crippen LogP contribution in [0.3, 0.4) is 0 Å². The van der Waals surface area contributed by atoms with E-state index in [-0.39, 0.29) is 11.5 Å². The van der Waals surface area contributed by atoms with E-state index < -0.39 is 5.60 Å². The molecule has 1 saturated heterocycles. The minimum atomic E-state index is -0.481. The molecular weight excluding hydrogens is 290 g/mol. The molecule has 1 unspecified atom stereocenters. The summed E-state index contributed by atoms with van der Waals surface area (Å²) in [6.45, 7) is 6.82. The van der Waals surface area contributed by atoms with Crippen LogP contribution >= 0.6 is 0 Å². The molecular formula is C19H25NO3. The third-order valence-corrected chi connectivity index (χ3v) is 5.12. The molecule has 1 amide bonds. The Kier molecular flexibility index (Phi) is 3.95. The largest absolute Gasteiger partial charge is 0.444 e. The number of carbonyl (C=O) groups excluding carboxylic acids is 2. The van der Waals surface area contributed by atoms with E-state index in [2.05, 4.69) is 12.1 Å². The first-order chi connectivity index (χ1) is 10.8. The van der Waals surface area contributed by atoms with Crippen molar-refractivity contribution in [1.29, 1.82) is 0 Å². The summed E-state index contributed by atoms with van der Waals surface area (Å²) >= 11 is 0. The van der Waals surface area contributed by atoms with Gasteiger partial charge in [0.2, 0.25) is 0 Å². The van der Waals surface area contributed by atoms with E-state index in [1.165, 1.54) is 5.56 Å². The van der Waals surface area contributed by atoms with Gasteiger partial charge in [-0.3, -0.25) is 4.79 Å². The summed E-state index contributed by atoms with van der Waals surface area (Å²) in [5, 5.41) is 0. The van der Waals surface area contributed by atoms with Crippen molar-refractivity contribution in [2.24, 2.45) is 5.41 Å². The molecule has 0 aromatic heterocycles. The number of hydrogen-bond acceptors (Lipinski definition) is 3. The van der Waals surface area contributed by atoms with E-state index in [0.29, 0.717) is 31.2 Å². The lowest BCUT2D eigenvalue weighted by Gasteiger charge is -2.52. The first-order valence-electron chi connectivity index (χ1n) is 8.38. The summed E-state index contributed by atoms with van der Waals surface area (Å²) in [5.74, 6) is 0.659. The fourth-order valence-corrected chi connectivity index (χ4v) is 3.81. The second-order valence-electron chi connectivity index (χ2n) is 7.71. The number of amides is 1.